The Morgan fingerprint density at radius 2 is 2.40 bits per heavy atom. The summed E-state index contributed by atoms with van der Waals surface area (Å²) in [7, 11) is 0. The number of halogens is 1. The first kappa shape index (κ1) is 10.3. The third-order valence-corrected chi connectivity index (χ3v) is 2.95. The summed E-state index contributed by atoms with van der Waals surface area (Å²) in [5.74, 6) is -0.961. The van der Waals surface area contributed by atoms with Crippen molar-refractivity contribution in [1.82, 2.24) is 4.57 Å². The molecule has 2 aromatic rings. The molecule has 78 valence electrons. The topological polar surface area (TPSA) is 42.2 Å². The molecule has 0 aliphatic heterocycles. The lowest BCUT2D eigenvalue weighted by Gasteiger charge is -2.03. The summed E-state index contributed by atoms with van der Waals surface area (Å²) in [6, 6.07) is 3.42. The third-order valence-electron chi connectivity index (χ3n) is 2.02. The molecule has 0 aliphatic rings. The van der Waals surface area contributed by atoms with Gasteiger partial charge in [-0.1, -0.05) is 11.6 Å². The predicted molar refractivity (Wildman–Crippen MR) is 59.8 cm³/mol. The van der Waals surface area contributed by atoms with Crippen LogP contribution in [-0.2, 0) is 6.54 Å². The molecule has 2 rings (SSSR count). The van der Waals surface area contributed by atoms with Crippen LogP contribution in [0.2, 0.25) is 5.02 Å². The van der Waals surface area contributed by atoms with Crippen molar-refractivity contribution in [3.63, 3.8) is 0 Å². The van der Waals surface area contributed by atoms with E-state index in [-0.39, 0.29) is 5.69 Å². The Morgan fingerprint density at radius 3 is 3.00 bits per heavy atom. The number of nitrogens with zero attached hydrogens (tertiary/aromatic N) is 1. The van der Waals surface area contributed by atoms with Gasteiger partial charge in [0.2, 0.25) is 0 Å². The van der Waals surface area contributed by atoms with E-state index in [2.05, 4.69) is 0 Å². The van der Waals surface area contributed by atoms with Crippen LogP contribution in [0.15, 0.2) is 29.1 Å². The highest BCUT2D eigenvalue weighted by atomic mass is 35.5. The van der Waals surface area contributed by atoms with E-state index in [0.29, 0.717) is 11.6 Å². The largest absolute Gasteiger partial charge is 0.477 e. The molecule has 0 aliphatic carbocycles. The summed E-state index contributed by atoms with van der Waals surface area (Å²) < 4.78 is 1.63. The molecule has 5 heteroatoms. The van der Waals surface area contributed by atoms with Gasteiger partial charge in [-0.25, -0.2) is 4.79 Å². The van der Waals surface area contributed by atoms with Crippen LogP contribution in [0, 0.1) is 0 Å². The van der Waals surface area contributed by atoms with Crippen molar-refractivity contribution in [1.29, 1.82) is 0 Å². The van der Waals surface area contributed by atoms with E-state index >= 15 is 0 Å². The highest BCUT2D eigenvalue weighted by molar-refractivity contribution is 7.07. The second-order valence-corrected chi connectivity index (χ2v) is 4.32. The van der Waals surface area contributed by atoms with Gasteiger partial charge in [0.1, 0.15) is 5.69 Å². The van der Waals surface area contributed by atoms with E-state index in [1.807, 2.05) is 16.8 Å². The number of rotatable bonds is 3. The van der Waals surface area contributed by atoms with Crippen LogP contribution in [0.1, 0.15) is 16.1 Å². The monoisotopic (exact) mass is 241 g/mol. The minimum Gasteiger partial charge on any atom is -0.477 e. The van der Waals surface area contributed by atoms with Gasteiger partial charge in [0.05, 0.1) is 5.02 Å². The molecule has 0 saturated carbocycles. The van der Waals surface area contributed by atoms with Crippen molar-refractivity contribution in [3.8, 4) is 0 Å². The summed E-state index contributed by atoms with van der Waals surface area (Å²) in [5.41, 5.74) is 1.29. The van der Waals surface area contributed by atoms with Crippen LogP contribution in [0.3, 0.4) is 0 Å². The second-order valence-electron chi connectivity index (χ2n) is 3.11. The number of carboxylic acids is 1. The predicted octanol–water partition coefficient (Wildman–Crippen LogP) is 2.95. The molecular weight excluding hydrogens is 234 g/mol. The highest BCUT2D eigenvalue weighted by Crippen LogP contribution is 2.17. The first-order chi connectivity index (χ1) is 7.16. The molecule has 15 heavy (non-hydrogen) atoms. The number of carboxylic acid groups (broad SMARTS) is 1. The van der Waals surface area contributed by atoms with Gasteiger partial charge in [-0.2, -0.15) is 11.3 Å². The van der Waals surface area contributed by atoms with Gasteiger partial charge in [0.25, 0.3) is 0 Å². The maximum Gasteiger partial charge on any atom is 0.352 e. The van der Waals surface area contributed by atoms with Crippen LogP contribution in [0.25, 0.3) is 0 Å². The Labute approximate surface area is 95.5 Å². The van der Waals surface area contributed by atoms with Crippen LogP contribution in [0.4, 0.5) is 0 Å². The number of hydrogen-bond donors (Lipinski definition) is 1. The van der Waals surface area contributed by atoms with E-state index in [1.165, 1.54) is 6.07 Å². The van der Waals surface area contributed by atoms with Gasteiger partial charge in [0, 0.05) is 12.7 Å². The Bertz CT molecular complexity index is 476. The zero-order chi connectivity index (χ0) is 10.8. The van der Waals surface area contributed by atoms with E-state index < -0.39 is 5.97 Å². The lowest BCUT2D eigenvalue weighted by molar-refractivity contribution is 0.0685. The van der Waals surface area contributed by atoms with Crippen LogP contribution in [-0.4, -0.2) is 15.6 Å². The maximum absolute atomic E-state index is 10.9. The zero-order valence-electron chi connectivity index (χ0n) is 7.68. The van der Waals surface area contributed by atoms with Crippen molar-refractivity contribution >= 4 is 28.9 Å². The number of hydrogen-bond acceptors (Lipinski definition) is 2. The minimum absolute atomic E-state index is 0.214. The van der Waals surface area contributed by atoms with Crippen molar-refractivity contribution in [2.75, 3.05) is 0 Å². The molecule has 2 aromatic heterocycles. The molecule has 0 unspecified atom stereocenters. The number of thiophene rings is 1. The van der Waals surface area contributed by atoms with E-state index in [9.17, 15) is 4.79 Å². The van der Waals surface area contributed by atoms with Crippen LogP contribution < -0.4 is 0 Å². The summed E-state index contributed by atoms with van der Waals surface area (Å²) in [5, 5.41) is 13.3. The molecule has 0 aromatic carbocycles. The van der Waals surface area contributed by atoms with Gasteiger partial charge >= 0.3 is 5.97 Å². The Balaban J connectivity index is 2.31. The molecule has 1 N–H and O–H groups in total. The summed E-state index contributed by atoms with van der Waals surface area (Å²) >= 11 is 7.35. The molecule has 3 nitrogen and oxygen atoms in total. The van der Waals surface area contributed by atoms with Crippen molar-refractivity contribution in [2.45, 2.75) is 6.54 Å². The van der Waals surface area contributed by atoms with Gasteiger partial charge in [-0.05, 0) is 28.5 Å². The van der Waals surface area contributed by atoms with E-state index in [1.54, 1.807) is 22.1 Å². The van der Waals surface area contributed by atoms with Gasteiger partial charge in [0.15, 0.2) is 0 Å². The molecule has 0 fully saturated rings. The molecule has 0 spiro atoms. The Morgan fingerprint density at radius 1 is 1.60 bits per heavy atom. The lowest BCUT2D eigenvalue weighted by Crippen LogP contribution is -2.07. The standard InChI is InChI=1S/C10H8ClNO2S/c11-8-3-9(10(13)14)12(5-8)4-7-1-2-15-6-7/h1-3,5-6H,4H2,(H,13,14). The first-order valence-electron chi connectivity index (χ1n) is 4.27. The molecule has 2 heterocycles. The summed E-state index contributed by atoms with van der Waals surface area (Å²) in [6.07, 6.45) is 1.63. The molecular formula is C10H8ClNO2S. The smallest absolute Gasteiger partial charge is 0.352 e. The fourth-order valence-electron chi connectivity index (χ4n) is 1.36. The SMILES string of the molecule is O=C(O)c1cc(Cl)cn1Cc1ccsc1. The van der Waals surface area contributed by atoms with Crippen LogP contribution >= 0.6 is 22.9 Å². The van der Waals surface area contributed by atoms with Crippen molar-refractivity contribution in [2.24, 2.45) is 0 Å². The maximum atomic E-state index is 10.9. The minimum atomic E-state index is -0.961. The quantitative estimate of drug-likeness (QED) is 0.898. The van der Waals surface area contributed by atoms with E-state index in [4.69, 9.17) is 16.7 Å². The number of aromatic nitrogens is 1. The van der Waals surface area contributed by atoms with Crippen LogP contribution in [0.5, 0.6) is 0 Å². The number of aromatic carboxylic acids is 1. The first-order valence-corrected chi connectivity index (χ1v) is 5.59. The van der Waals surface area contributed by atoms with Gasteiger partial charge in [-0.15, -0.1) is 0 Å². The fraction of sp³-hybridized carbons (Fsp3) is 0.100. The average molecular weight is 242 g/mol. The fourth-order valence-corrected chi connectivity index (χ4v) is 2.24. The normalized spacial score (nSPS) is 10.5. The molecule has 0 bridgehead atoms. The molecule has 0 atom stereocenters. The second kappa shape index (κ2) is 4.08. The zero-order valence-corrected chi connectivity index (χ0v) is 9.26. The summed E-state index contributed by atoms with van der Waals surface area (Å²) in [6.45, 7) is 0.540. The van der Waals surface area contributed by atoms with Crippen molar-refractivity contribution < 1.29 is 9.90 Å². The molecule has 0 saturated heterocycles. The average Bonchev–Trinajstić information content (AvgIpc) is 2.75. The molecule has 0 amide bonds. The number of carbonyl (C=O) groups is 1. The molecule has 0 radical (unpaired) electrons. The Kier molecular flexibility index (Phi) is 2.79. The van der Waals surface area contributed by atoms with E-state index in [0.717, 1.165) is 5.56 Å². The highest BCUT2D eigenvalue weighted by Gasteiger charge is 2.11. The van der Waals surface area contributed by atoms with Gasteiger partial charge in [-0.3, -0.25) is 0 Å². The summed E-state index contributed by atoms with van der Waals surface area (Å²) in [4.78, 5) is 10.9. The van der Waals surface area contributed by atoms with Gasteiger partial charge < -0.3 is 9.67 Å². The lowest BCUT2D eigenvalue weighted by atomic mass is 10.3. The Hall–Kier alpha value is -1.26. The van der Waals surface area contributed by atoms with Crippen molar-refractivity contribution in [3.05, 3.63) is 45.4 Å². The third kappa shape index (κ3) is 2.22.